The smallest absolute Gasteiger partial charge is 0.261 e. The molecule has 0 aliphatic rings. The Labute approximate surface area is 277 Å². The van der Waals surface area contributed by atoms with Crippen molar-refractivity contribution in [2.24, 2.45) is 0 Å². The molecule has 0 aliphatic heterocycles. The minimum absolute atomic E-state index is 0.0504. The van der Waals surface area contributed by atoms with Gasteiger partial charge in [0.15, 0.2) is 6.61 Å². The third-order valence-electron chi connectivity index (χ3n) is 7.20. The van der Waals surface area contributed by atoms with Gasteiger partial charge in [-0.3, -0.25) is 14.3 Å². The Kier molecular flexibility index (Phi) is 10.9. The van der Waals surface area contributed by atoms with Gasteiger partial charge in [0.2, 0.25) is 5.91 Å². The number of carbonyl (C=O) groups excluding carboxylic acids is 2. The number of hydrogen-bond donors (Lipinski definition) is 2. The number of benzene rings is 5. The summed E-state index contributed by atoms with van der Waals surface area (Å²) in [6.45, 7) is -0.140. The molecule has 0 bridgehead atoms. The van der Waals surface area contributed by atoms with Crippen molar-refractivity contribution in [3.05, 3.63) is 161 Å². The molecule has 0 unspecified atom stereocenters. The van der Waals surface area contributed by atoms with Gasteiger partial charge in [0.1, 0.15) is 17.6 Å². The molecule has 0 aromatic heterocycles. The quantitative estimate of drug-likeness (QED) is 0.144. The fourth-order valence-electron chi connectivity index (χ4n) is 4.81. The molecule has 1 atom stereocenters. The first kappa shape index (κ1) is 33.2. The summed E-state index contributed by atoms with van der Waals surface area (Å²) in [7, 11) is -3.96. The zero-order chi connectivity index (χ0) is 33.2. The van der Waals surface area contributed by atoms with E-state index >= 15 is 0 Å². The molecule has 5 aromatic carbocycles. The number of anilines is 1. The lowest BCUT2D eigenvalue weighted by atomic mass is 10.0. The zero-order valence-corrected chi connectivity index (χ0v) is 26.6. The van der Waals surface area contributed by atoms with Crippen LogP contribution in [-0.2, 0) is 32.7 Å². The Morgan fingerprint density at radius 2 is 1.40 bits per heavy atom. The van der Waals surface area contributed by atoms with Crippen molar-refractivity contribution in [2.75, 3.05) is 11.3 Å². The molecule has 5 rings (SSSR count). The summed E-state index contributed by atoms with van der Waals surface area (Å²) in [5, 5.41) is 3.45. The lowest BCUT2D eigenvalue weighted by molar-refractivity contribution is -0.143. The van der Waals surface area contributed by atoms with E-state index in [0.717, 1.165) is 23.3 Å². The molecule has 0 radical (unpaired) electrons. The summed E-state index contributed by atoms with van der Waals surface area (Å²) in [5.74, 6) is -1.11. The Bertz CT molecular complexity index is 1910. The van der Waals surface area contributed by atoms with Crippen molar-refractivity contribution in [1.82, 2.24) is 10.2 Å². The molecule has 0 spiro atoms. The van der Waals surface area contributed by atoms with Crippen molar-refractivity contribution < 1.29 is 27.1 Å². The normalized spacial score (nSPS) is 11.7. The molecule has 5 aromatic rings. The maximum Gasteiger partial charge on any atom is 0.261 e. The molecule has 11 heteroatoms. The number of hydrogen-bond acceptors (Lipinski definition) is 5. The molecule has 0 saturated carbocycles. The number of ether oxygens (including phenoxy) is 1. The Balaban J connectivity index is 1.35. The summed E-state index contributed by atoms with van der Waals surface area (Å²) in [6.07, 6.45) is 0. The van der Waals surface area contributed by atoms with Crippen molar-refractivity contribution in [1.29, 1.82) is 0 Å². The highest BCUT2D eigenvalue weighted by molar-refractivity contribution is 7.92. The highest BCUT2D eigenvalue weighted by Gasteiger charge is 2.32. The third-order valence-corrected chi connectivity index (χ3v) is 8.96. The van der Waals surface area contributed by atoms with Crippen molar-refractivity contribution in [3.63, 3.8) is 0 Å². The van der Waals surface area contributed by atoms with Gasteiger partial charge < -0.3 is 15.0 Å². The van der Waals surface area contributed by atoms with Crippen LogP contribution in [0.3, 0.4) is 0 Å². The van der Waals surface area contributed by atoms with E-state index in [4.69, 9.17) is 16.3 Å². The van der Waals surface area contributed by atoms with Crippen LogP contribution < -0.4 is 14.8 Å². The zero-order valence-electron chi connectivity index (χ0n) is 25.1. The highest BCUT2D eigenvalue weighted by atomic mass is 35.5. The molecule has 0 fully saturated rings. The van der Waals surface area contributed by atoms with Gasteiger partial charge in [0.25, 0.3) is 15.9 Å². The van der Waals surface area contributed by atoms with E-state index < -0.39 is 40.3 Å². The predicted molar refractivity (Wildman–Crippen MR) is 179 cm³/mol. The van der Waals surface area contributed by atoms with Crippen LogP contribution in [0.4, 0.5) is 10.1 Å². The molecule has 8 nitrogen and oxygen atoms in total. The number of carbonyl (C=O) groups is 2. The second kappa shape index (κ2) is 15.4. The van der Waals surface area contributed by atoms with Crippen LogP contribution in [0, 0.1) is 5.82 Å². The van der Waals surface area contributed by atoms with E-state index in [1.807, 2.05) is 48.5 Å². The number of halogens is 2. The molecule has 0 saturated heterocycles. The van der Waals surface area contributed by atoms with Crippen LogP contribution in [0.25, 0.3) is 0 Å². The number of sulfonamides is 1. The fourth-order valence-corrected chi connectivity index (χ4v) is 6.07. The SMILES string of the molecule is O=C(NCc1ccccc1Cl)[C@H](c1ccccc1)N(Cc1ccccc1)C(=O)COc1ccc(S(=O)(=O)Nc2ccc(F)cc2)cc1. The van der Waals surface area contributed by atoms with Gasteiger partial charge in [-0.1, -0.05) is 90.5 Å². The van der Waals surface area contributed by atoms with E-state index in [1.165, 1.54) is 41.3 Å². The molecule has 2 N–H and O–H groups in total. The van der Waals surface area contributed by atoms with Gasteiger partial charge in [0.05, 0.1) is 4.90 Å². The summed E-state index contributed by atoms with van der Waals surface area (Å²) in [6, 6.07) is 34.9. The second-order valence-corrected chi connectivity index (χ2v) is 12.6. The standard InChI is InChI=1S/C36H31ClFN3O5S/c37-33-14-8-7-13-28(33)23-39-36(43)35(27-11-5-2-6-12-27)41(24-26-9-3-1-4-10-26)34(42)25-46-31-19-21-32(22-20-31)47(44,45)40-30-17-15-29(38)16-18-30/h1-22,35,40H,23-25H2,(H,39,43)/t35-/m0/s1. The van der Waals surface area contributed by atoms with E-state index in [9.17, 15) is 22.4 Å². The van der Waals surface area contributed by atoms with Crippen molar-refractivity contribution in [2.45, 2.75) is 24.0 Å². The first-order valence-electron chi connectivity index (χ1n) is 14.6. The molecule has 47 heavy (non-hydrogen) atoms. The van der Waals surface area contributed by atoms with E-state index in [1.54, 1.807) is 36.4 Å². The minimum atomic E-state index is -3.96. The minimum Gasteiger partial charge on any atom is -0.484 e. The Morgan fingerprint density at radius 3 is 2.06 bits per heavy atom. The Hall–Kier alpha value is -5.19. The van der Waals surface area contributed by atoms with Crippen molar-refractivity contribution >= 4 is 39.1 Å². The predicted octanol–water partition coefficient (Wildman–Crippen LogP) is 6.75. The molecular weight excluding hydrogens is 641 g/mol. The first-order chi connectivity index (χ1) is 22.7. The van der Waals surface area contributed by atoms with Gasteiger partial charge in [-0.15, -0.1) is 0 Å². The van der Waals surface area contributed by atoms with Gasteiger partial charge in [-0.25, -0.2) is 12.8 Å². The summed E-state index contributed by atoms with van der Waals surface area (Å²) < 4.78 is 47.0. The van der Waals surface area contributed by atoms with E-state index in [0.29, 0.717) is 10.6 Å². The highest BCUT2D eigenvalue weighted by Crippen LogP contribution is 2.26. The number of nitrogens with one attached hydrogen (secondary N) is 2. The van der Waals surface area contributed by atoms with Crippen LogP contribution in [0.2, 0.25) is 5.02 Å². The van der Waals surface area contributed by atoms with Gasteiger partial charge in [0, 0.05) is 23.8 Å². The summed E-state index contributed by atoms with van der Waals surface area (Å²) in [5.41, 5.74) is 2.36. The van der Waals surface area contributed by atoms with Gasteiger partial charge in [-0.2, -0.15) is 0 Å². The Morgan fingerprint density at radius 1 is 0.787 bits per heavy atom. The van der Waals surface area contributed by atoms with Crippen LogP contribution in [0.15, 0.2) is 138 Å². The topological polar surface area (TPSA) is 105 Å². The lowest BCUT2D eigenvalue weighted by Gasteiger charge is -2.31. The van der Waals surface area contributed by atoms with Crippen LogP contribution in [-0.4, -0.2) is 31.7 Å². The summed E-state index contributed by atoms with van der Waals surface area (Å²) in [4.78, 5) is 29.1. The number of rotatable bonds is 13. The average molecular weight is 672 g/mol. The number of amides is 2. The monoisotopic (exact) mass is 671 g/mol. The first-order valence-corrected chi connectivity index (χ1v) is 16.5. The maximum absolute atomic E-state index is 13.9. The lowest BCUT2D eigenvalue weighted by Crippen LogP contribution is -2.45. The van der Waals surface area contributed by atoms with Crippen LogP contribution >= 0.6 is 11.6 Å². The molecule has 2 amide bonds. The molecule has 0 aliphatic carbocycles. The fraction of sp³-hybridized carbons (Fsp3) is 0.111. The number of nitrogens with zero attached hydrogens (tertiary/aromatic N) is 1. The van der Waals surface area contributed by atoms with Gasteiger partial charge in [-0.05, 0) is 71.3 Å². The molecular formula is C36H31ClFN3O5S. The van der Waals surface area contributed by atoms with E-state index in [2.05, 4.69) is 10.0 Å². The van der Waals surface area contributed by atoms with Gasteiger partial charge >= 0.3 is 0 Å². The third kappa shape index (κ3) is 8.96. The molecule has 240 valence electrons. The average Bonchev–Trinajstić information content (AvgIpc) is 3.08. The molecule has 0 heterocycles. The second-order valence-electron chi connectivity index (χ2n) is 10.5. The summed E-state index contributed by atoms with van der Waals surface area (Å²) >= 11 is 6.32. The largest absolute Gasteiger partial charge is 0.484 e. The van der Waals surface area contributed by atoms with Crippen LogP contribution in [0.5, 0.6) is 5.75 Å². The van der Waals surface area contributed by atoms with Crippen LogP contribution in [0.1, 0.15) is 22.7 Å². The van der Waals surface area contributed by atoms with E-state index in [-0.39, 0.29) is 29.4 Å². The maximum atomic E-state index is 13.9. The van der Waals surface area contributed by atoms with Crippen molar-refractivity contribution in [3.8, 4) is 5.75 Å².